The van der Waals surface area contributed by atoms with Gasteiger partial charge < -0.3 is 4.74 Å². The fourth-order valence-electron chi connectivity index (χ4n) is 1.63. The van der Waals surface area contributed by atoms with Gasteiger partial charge in [-0.15, -0.1) is 0 Å². The molecule has 0 unspecified atom stereocenters. The Kier molecular flexibility index (Phi) is 6.15. The highest BCUT2D eigenvalue weighted by Crippen LogP contribution is 2.25. The lowest BCUT2D eigenvalue weighted by Crippen LogP contribution is -2.24. The van der Waals surface area contributed by atoms with Crippen LogP contribution in [0.2, 0.25) is 0 Å². The summed E-state index contributed by atoms with van der Waals surface area (Å²) in [7, 11) is 0. The van der Waals surface area contributed by atoms with E-state index in [2.05, 4.69) is 42.4 Å². The standard InChI is InChI=1S/C16H14Br2N2O2/c1-11-2-7-15(14(18)8-11)22-10-16(21)20-19-9-12-3-5-13(17)6-4-12/h2-9H,10H2,1H3,(H,20,21). The van der Waals surface area contributed by atoms with E-state index in [0.29, 0.717) is 5.75 Å². The Morgan fingerprint density at radius 3 is 2.64 bits per heavy atom. The van der Waals surface area contributed by atoms with E-state index in [-0.39, 0.29) is 12.5 Å². The number of ether oxygens (including phenoxy) is 1. The number of hydrogen-bond donors (Lipinski definition) is 1. The Balaban J connectivity index is 1.81. The third kappa shape index (κ3) is 5.27. The van der Waals surface area contributed by atoms with Gasteiger partial charge in [-0.25, -0.2) is 5.43 Å². The Labute approximate surface area is 145 Å². The van der Waals surface area contributed by atoms with Crippen molar-refractivity contribution in [2.24, 2.45) is 5.10 Å². The minimum Gasteiger partial charge on any atom is -0.483 e. The lowest BCUT2D eigenvalue weighted by Gasteiger charge is -2.07. The second-order valence-corrected chi connectivity index (χ2v) is 6.34. The largest absolute Gasteiger partial charge is 0.483 e. The van der Waals surface area contributed by atoms with Crippen LogP contribution in [0.15, 0.2) is 56.5 Å². The topological polar surface area (TPSA) is 50.7 Å². The van der Waals surface area contributed by atoms with Crippen molar-refractivity contribution in [1.82, 2.24) is 5.43 Å². The number of hydrogen-bond acceptors (Lipinski definition) is 3. The molecule has 4 nitrogen and oxygen atoms in total. The Morgan fingerprint density at radius 1 is 1.23 bits per heavy atom. The average Bonchev–Trinajstić information content (AvgIpc) is 2.48. The average molecular weight is 426 g/mol. The molecule has 0 saturated carbocycles. The predicted octanol–water partition coefficient (Wildman–Crippen LogP) is 4.05. The molecule has 0 radical (unpaired) electrons. The van der Waals surface area contributed by atoms with E-state index in [1.165, 1.54) is 0 Å². The molecule has 0 fully saturated rings. The molecule has 6 heteroatoms. The minimum absolute atomic E-state index is 0.0979. The van der Waals surface area contributed by atoms with Crippen molar-refractivity contribution >= 4 is 44.0 Å². The summed E-state index contributed by atoms with van der Waals surface area (Å²) in [5.41, 5.74) is 4.43. The molecule has 0 aromatic heterocycles. The molecule has 2 aromatic carbocycles. The molecule has 0 heterocycles. The van der Waals surface area contributed by atoms with E-state index in [1.54, 1.807) is 6.21 Å². The van der Waals surface area contributed by atoms with Crippen LogP contribution in [0, 0.1) is 6.92 Å². The smallest absolute Gasteiger partial charge is 0.277 e. The maximum Gasteiger partial charge on any atom is 0.277 e. The van der Waals surface area contributed by atoms with Crippen molar-refractivity contribution in [3.8, 4) is 5.75 Å². The van der Waals surface area contributed by atoms with Crippen LogP contribution in [-0.4, -0.2) is 18.7 Å². The summed E-state index contributed by atoms with van der Waals surface area (Å²) in [4.78, 5) is 11.7. The molecule has 114 valence electrons. The van der Waals surface area contributed by atoms with Crippen molar-refractivity contribution in [1.29, 1.82) is 0 Å². The zero-order valence-corrected chi connectivity index (χ0v) is 15.0. The van der Waals surface area contributed by atoms with E-state index in [1.807, 2.05) is 49.4 Å². The number of nitrogens with zero attached hydrogens (tertiary/aromatic N) is 1. The Hall–Kier alpha value is -1.66. The lowest BCUT2D eigenvalue weighted by molar-refractivity contribution is -0.123. The van der Waals surface area contributed by atoms with Gasteiger partial charge in [0, 0.05) is 4.47 Å². The van der Waals surface area contributed by atoms with Crippen LogP contribution in [0.1, 0.15) is 11.1 Å². The second-order valence-electron chi connectivity index (χ2n) is 4.57. The van der Waals surface area contributed by atoms with Gasteiger partial charge in [0.1, 0.15) is 5.75 Å². The summed E-state index contributed by atoms with van der Waals surface area (Å²) >= 11 is 6.75. The fourth-order valence-corrected chi connectivity index (χ4v) is 2.50. The summed E-state index contributed by atoms with van der Waals surface area (Å²) in [6.45, 7) is 1.89. The molecule has 2 aromatic rings. The van der Waals surface area contributed by atoms with Gasteiger partial charge in [0.05, 0.1) is 10.7 Å². The molecule has 0 aliphatic heterocycles. The minimum atomic E-state index is -0.319. The molecule has 2 rings (SSSR count). The SMILES string of the molecule is Cc1ccc(OCC(=O)NN=Cc2ccc(Br)cc2)c(Br)c1. The van der Waals surface area contributed by atoms with E-state index in [0.717, 1.165) is 20.1 Å². The third-order valence-corrected chi connectivity index (χ3v) is 3.87. The number of rotatable bonds is 5. The molecule has 0 saturated heterocycles. The van der Waals surface area contributed by atoms with E-state index < -0.39 is 0 Å². The van der Waals surface area contributed by atoms with E-state index in [4.69, 9.17) is 4.74 Å². The fraction of sp³-hybridized carbons (Fsp3) is 0.125. The van der Waals surface area contributed by atoms with Gasteiger partial charge in [0.2, 0.25) is 0 Å². The van der Waals surface area contributed by atoms with Crippen LogP contribution < -0.4 is 10.2 Å². The molecule has 1 N–H and O–H groups in total. The summed E-state index contributed by atoms with van der Waals surface area (Å²) in [5.74, 6) is 0.304. The van der Waals surface area contributed by atoms with Gasteiger partial charge in [-0.2, -0.15) is 5.10 Å². The van der Waals surface area contributed by atoms with Gasteiger partial charge in [-0.3, -0.25) is 4.79 Å². The highest BCUT2D eigenvalue weighted by molar-refractivity contribution is 9.10. The quantitative estimate of drug-likeness (QED) is 0.580. The van der Waals surface area contributed by atoms with Crippen LogP contribution in [-0.2, 0) is 4.79 Å². The normalized spacial score (nSPS) is 10.7. The van der Waals surface area contributed by atoms with E-state index in [9.17, 15) is 4.79 Å². The molecule has 0 aliphatic rings. The van der Waals surface area contributed by atoms with Gasteiger partial charge in [0.25, 0.3) is 5.91 Å². The van der Waals surface area contributed by atoms with Crippen molar-refractivity contribution < 1.29 is 9.53 Å². The number of amides is 1. The Morgan fingerprint density at radius 2 is 1.95 bits per heavy atom. The van der Waals surface area contributed by atoms with Gasteiger partial charge in [0.15, 0.2) is 6.61 Å². The van der Waals surface area contributed by atoms with Crippen molar-refractivity contribution in [2.75, 3.05) is 6.61 Å². The molecule has 22 heavy (non-hydrogen) atoms. The highest BCUT2D eigenvalue weighted by Gasteiger charge is 2.04. The monoisotopic (exact) mass is 424 g/mol. The number of carbonyl (C=O) groups excluding carboxylic acids is 1. The lowest BCUT2D eigenvalue weighted by atomic mass is 10.2. The molecule has 0 spiro atoms. The van der Waals surface area contributed by atoms with Crippen LogP contribution >= 0.6 is 31.9 Å². The first-order valence-corrected chi connectivity index (χ1v) is 8.09. The summed E-state index contributed by atoms with van der Waals surface area (Å²) in [6.07, 6.45) is 1.58. The van der Waals surface area contributed by atoms with Crippen LogP contribution in [0.4, 0.5) is 0 Å². The van der Waals surface area contributed by atoms with Crippen molar-refractivity contribution in [3.05, 3.63) is 62.5 Å². The molecular formula is C16H14Br2N2O2. The molecule has 0 bridgehead atoms. The molecule has 1 amide bonds. The Bertz CT molecular complexity index is 685. The van der Waals surface area contributed by atoms with Crippen molar-refractivity contribution in [3.63, 3.8) is 0 Å². The summed E-state index contributed by atoms with van der Waals surface area (Å²) in [5, 5.41) is 3.89. The van der Waals surface area contributed by atoms with Crippen LogP contribution in [0.3, 0.4) is 0 Å². The number of carbonyl (C=O) groups is 1. The summed E-state index contributed by atoms with van der Waals surface area (Å²) in [6, 6.07) is 13.3. The van der Waals surface area contributed by atoms with E-state index >= 15 is 0 Å². The van der Waals surface area contributed by atoms with Gasteiger partial charge in [-0.05, 0) is 58.2 Å². The summed E-state index contributed by atoms with van der Waals surface area (Å²) < 4.78 is 7.24. The zero-order chi connectivity index (χ0) is 15.9. The predicted molar refractivity (Wildman–Crippen MR) is 94.3 cm³/mol. The molecular weight excluding hydrogens is 412 g/mol. The van der Waals surface area contributed by atoms with Crippen LogP contribution in [0.5, 0.6) is 5.75 Å². The maximum atomic E-state index is 11.7. The first-order chi connectivity index (χ1) is 10.5. The first-order valence-electron chi connectivity index (χ1n) is 6.51. The second kappa shape index (κ2) is 8.10. The highest BCUT2D eigenvalue weighted by atomic mass is 79.9. The maximum absolute atomic E-state index is 11.7. The van der Waals surface area contributed by atoms with Gasteiger partial charge >= 0.3 is 0 Å². The number of nitrogens with one attached hydrogen (secondary N) is 1. The first kappa shape index (κ1) is 16.7. The molecule has 0 atom stereocenters. The zero-order valence-electron chi connectivity index (χ0n) is 11.8. The van der Waals surface area contributed by atoms with Gasteiger partial charge in [-0.1, -0.05) is 34.1 Å². The number of hydrazone groups is 1. The number of benzene rings is 2. The number of aryl methyl sites for hydroxylation is 1. The molecule has 0 aliphatic carbocycles. The van der Waals surface area contributed by atoms with Crippen molar-refractivity contribution in [2.45, 2.75) is 6.92 Å². The third-order valence-electron chi connectivity index (χ3n) is 2.72. The van der Waals surface area contributed by atoms with Crippen LogP contribution in [0.25, 0.3) is 0 Å². The number of halogens is 2.